The minimum Gasteiger partial charge on any atom is -0.468 e. The van der Waals surface area contributed by atoms with E-state index >= 15 is 0 Å². The first-order valence-electron chi connectivity index (χ1n) is 7.39. The minimum absolute atomic E-state index is 0.00884. The molecule has 0 unspecified atom stereocenters. The van der Waals surface area contributed by atoms with Crippen molar-refractivity contribution in [3.05, 3.63) is 48.3 Å². The number of carbonyl (C=O) groups is 1. The van der Waals surface area contributed by atoms with E-state index in [1.807, 2.05) is 17.0 Å². The summed E-state index contributed by atoms with van der Waals surface area (Å²) < 4.78 is 10.7. The standard InChI is InChI=1S/C16H18N2O3/c19-16(15-4-2-6-21-15)18-9-12-7-13(10-18)17(8-12)11-14-3-1-5-20-14/h1-6,12-13H,7-11H2/t12-,13-/m0/s1. The Balaban J connectivity index is 1.45. The molecule has 1 amide bonds. The fourth-order valence-corrected chi connectivity index (χ4v) is 3.57. The Bertz CT molecular complexity index is 606. The van der Waals surface area contributed by atoms with Crippen LogP contribution in [0.3, 0.4) is 0 Å². The third-order valence-corrected chi connectivity index (χ3v) is 4.48. The Kier molecular flexibility index (Phi) is 3.07. The molecular formula is C16H18N2O3. The summed E-state index contributed by atoms with van der Waals surface area (Å²) in [4.78, 5) is 16.8. The van der Waals surface area contributed by atoms with Crippen LogP contribution in [0, 0.1) is 5.92 Å². The smallest absolute Gasteiger partial charge is 0.289 e. The summed E-state index contributed by atoms with van der Waals surface area (Å²) in [5.74, 6) is 1.99. The molecule has 4 rings (SSSR count). The number of nitrogens with zero attached hydrogens (tertiary/aromatic N) is 2. The van der Waals surface area contributed by atoms with Gasteiger partial charge in [-0.3, -0.25) is 9.69 Å². The molecule has 0 saturated carbocycles. The molecule has 5 nitrogen and oxygen atoms in total. The highest BCUT2D eigenvalue weighted by Crippen LogP contribution is 2.31. The van der Waals surface area contributed by atoms with E-state index in [0.717, 1.165) is 31.9 Å². The summed E-state index contributed by atoms with van der Waals surface area (Å²) in [6.07, 6.45) is 4.43. The Morgan fingerprint density at radius 3 is 2.76 bits per heavy atom. The summed E-state index contributed by atoms with van der Waals surface area (Å²) in [6, 6.07) is 7.85. The number of fused-ring (bicyclic) bond motifs is 2. The summed E-state index contributed by atoms with van der Waals surface area (Å²) in [7, 11) is 0. The molecule has 110 valence electrons. The number of hydrogen-bond acceptors (Lipinski definition) is 4. The lowest BCUT2D eigenvalue weighted by Gasteiger charge is -2.32. The Hall–Kier alpha value is -2.01. The largest absolute Gasteiger partial charge is 0.468 e. The molecule has 2 atom stereocenters. The van der Waals surface area contributed by atoms with Crippen LogP contribution in [0.5, 0.6) is 0 Å². The number of hydrogen-bond donors (Lipinski definition) is 0. The maximum absolute atomic E-state index is 12.4. The van der Waals surface area contributed by atoms with Gasteiger partial charge in [-0.25, -0.2) is 0 Å². The van der Waals surface area contributed by atoms with Crippen molar-refractivity contribution in [1.82, 2.24) is 9.80 Å². The third-order valence-electron chi connectivity index (χ3n) is 4.48. The Labute approximate surface area is 123 Å². The van der Waals surface area contributed by atoms with Gasteiger partial charge in [0.1, 0.15) is 5.76 Å². The van der Waals surface area contributed by atoms with Gasteiger partial charge in [0.2, 0.25) is 0 Å². The van der Waals surface area contributed by atoms with Crippen LogP contribution in [-0.4, -0.2) is 41.4 Å². The molecule has 2 aromatic rings. The van der Waals surface area contributed by atoms with Crippen molar-refractivity contribution in [3.63, 3.8) is 0 Å². The normalized spacial score (nSPS) is 25.4. The molecule has 0 aliphatic carbocycles. The molecule has 0 spiro atoms. The number of carbonyl (C=O) groups excluding carboxylic acids is 1. The van der Waals surface area contributed by atoms with Crippen molar-refractivity contribution >= 4 is 5.91 Å². The van der Waals surface area contributed by atoms with E-state index in [1.54, 1.807) is 24.7 Å². The van der Waals surface area contributed by atoms with Gasteiger partial charge < -0.3 is 13.7 Å². The number of amides is 1. The number of piperidine rings is 1. The molecule has 2 bridgehead atoms. The van der Waals surface area contributed by atoms with Crippen LogP contribution in [0.15, 0.2) is 45.6 Å². The highest BCUT2D eigenvalue weighted by molar-refractivity contribution is 5.91. The summed E-state index contributed by atoms with van der Waals surface area (Å²) in [5, 5.41) is 0. The molecule has 2 aliphatic rings. The van der Waals surface area contributed by atoms with Crippen molar-refractivity contribution in [2.45, 2.75) is 19.0 Å². The first-order chi connectivity index (χ1) is 10.3. The van der Waals surface area contributed by atoms with Gasteiger partial charge in [-0.2, -0.15) is 0 Å². The van der Waals surface area contributed by atoms with Gasteiger partial charge in [0.25, 0.3) is 5.91 Å². The van der Waals surface area contributed by atoms with E-state index in [-0.39, 0.29) is 5.91 Å². The van der Waals surface area contributed by atoms with Crippen molar-refractivity contribution in [2.75, 3.05) is 19.6 Å². The average Bonchev–Trinajstić information content (AvgIpc) is 3.22. The van der Waals surface area contributed by atoms with Gasteiger partial charge >= 0.3 is 0 Å². The van der Waals surface area contributed by atoms with Gasteiger partial charge in [0.05, 0.1) is 19.1 Å². The predicted molar refractivity (Wildman–Crippen MR) is 75.6 cm³/mol. The van der Waals surface area contributed by atoms with Crippen molar-refractivity contribution < 1.29 is 13.6 Å². The molecule has 0 N–H and O–H groups in total. The quantitative estimate of drug-likeness (QED) is 0.868. The summed E-state index contributed by atoms with van der Waals surface area (Å²) >= 11 is 0. The van der Waals surface area contributed by atoms with E-state index in [4.69, 9.17) is 8.83 Å². The number of furan rings is 2. The highest BCUT2D eigenvalue weighted by atomic mass is 16.3. The molecule has 2 fully saturated rings. The zero-order valence-corrected chi connectivity index (χ0v) is 11.8. The lowest BCUT2D eigenvalue weighted by Crippen LogP contribution is -2.45. The van der Waals surface area contributed by atoms with Crippen molar-refractivity contribution in [3.8, 4) is 0 Å². The maximum Gasteiger partial charge on any atom is 0.289 e. The topological polar surface area (TPSA) is 49.8 Å². The van der Waals surface area contributed by atoms with Crippen molar-refractivity contribution in [2.24, 2.45) is 5.92 Å². The molecule has 2 aliphatic heterocycles. The van der Waals surface area contributed by atoms with E-state index in [1.165, 1.54) is 6.42 Å². The zero-order chi connectivity index (χ0) is 14.2. The second-order valence-corrected chi connectivity index (χ2v) is 5.95. The molecule has 4 heterocycles. The molecule has 0 aromatic carbocycles. The van der Waals surface area contributed by atoms with Crippen LogP contribution in [0.4, 0.5) is 0 Å². The van der Waals surface area contributed by atoms with Gasteiger partial charge in [-0.1, -0.05) is 0 Å². The molecule has 5 heteroatoms. The SMILES string of the molecule is O=C(c1ccco1)N1C[C@H]2C[C@@H](C1)N(Cc1ccco1)C2. The fourth-order valence-electron chi connectivity index (χ4n) is 3.57. The molecule has 0 radical (unpaired) electrons. The van der Waals surface area contributed by atoms with E-state index in [9.17, 15) is 4.79 Å². The van der Waals surface area contributed by atoms with Crippen LogP contribution in [0.2, 0.25) is 0 Å². The van der Waals surface area contributed by atoms with Crippen LogP contribution in [-0.2, 0) is 6.54 Å². The fraction of sp³-hybridized carbons (Fsp3) is 0.438. The van der Waals surface area contributed by atoms with Crippen molar-refractivity contribution in [1.29, 1.82) is 0 Å². The molecule has 2 saturated heterocycles. The lowest BCUT2D eigenvalue weighted by molar-refractivity contribution is 0.0634. The molecular weight excluding hydrogens is 268 g/mol. The third kappa shape index (κ3) is 2.38. The second kappa shape index (κ2) is 5.07. The predicted octanol–water partition coefficient (Wildman–Crippen LogP) is 2.22. The number of likely N-dealkylation sites (tertiary alicyclic amines) is 2. The van der Waals surface area contributed by atoms with Gasteiger partial charge in [-0.05, 0) is 36.6 Å². The summed E-state index contributed by atoms with van der Waals surface area (Å²) in [5.41, 5.74) is 0. The van der Waals surface area contributed by atoms with E-state index in [2.05, 4.69) is 4.90 Å². The maximum atomic E-state index is 12.4. The van der Waals surface area contributed by atoms with Gasteiger partial charge in [0.15, 0.2) is 5.76 Å². The first kappa shape index (κ1) is 12.7. The van der Waals surface area contributed by atoms with Gasteiger partial charge in [0, 0.05) is 25.7 Å². The zero-order valence-electron chi connectivity index (χ0n) is 11.8. The molecule has 21 heavy (non-hydrogen) atoms. The Morgan fingerprint density at radius 2 is 2.00 bits per heavy atom. The number of rotatable bonds is 3. The van der Waals surface area contributed by atoms with E-state index in [0.29, 0.717) is 17.7 Å². The summed E-state index contributed by atoms with van der Waals surface area (Å²) in [6.45, 7) is 3.46. The minimum atomic E-state index is 0.00884. The first-order valence-corrected chi connectivity index (χ1v) is 7.39. The molecule has 2 aromatic heterocycles. The van der Waals surface area contributed by atoms with Crippen LogP contribution in [0.1, 0.15) is 22.7 Å². The van der Waals surface area contributed by atoms with Crippen LogP contribution in [0.25, 0.3) is 0 Å². The lowest BCUT2D eigenvalue weighted by atomic mass is 10.00. The highest BCUT2D eigenvalue weighted by Gasteiger charge is 2.40. The van der Waals surface area contributed by atoms with Crippen LogP contribution < -0.4 is 0 Å². The van der Waals surface area contributed by atoms with Crippen LogP contribution >= 0.6 is 0 Å². The van der Waals surface area contributed by atoms with E-state index < -0.39 is 0 Å². The van der Waals surface area contributed by atoms with Gasteiger partial charge in [-0.15, -0.1) is 0 Å². The second-order valence-electron chi connectivity index (χ2n) is 5.95. The Morgan fingerprint density at radius 1 is 1.14 bits per heavy atom. The average molecular weight is 286 g/mol. The monoisotopic (exact) mass is 286 g/mol.